The monoisotopic (exact) mass is 359 g/mol. The van der Waals surface area contributed by atoms with Crippen LogP contribution in [0.4, 0.5) is 18.9 Å². The predicted octanol–water partition coefficient (Wildman–Crippen LogP) is 1.78. The molecule has 2 amide bonds. The van der Waals surface area contributed by atoms with Gasteiger partial charge in [0.1, 0.15) is 5.75 Å². The van der Waals surface area contributed by atoms with Gasteiger partial charge in [-0.05, 0) is 25.0 Å². The topological polar surface area (TPSA) is 70.7 Å². The lowest BCUT2D eigenvalue weighted by atomic mass is 10.3. The van der Waals surface area contributed by atoms with Crippen molar-refractivity contribution in [1.82, 2.24) is 10.2 Å². The summed E-state index contributed by atoms with van der Waals surface area (Å²) in [7, 11) is 1.49. The average molecular weight is 359 g/mol. The van der Waals surface area contributed by atoms with Crippen molar-refractivity contribution in [2.75, 3.05) is 32.1 Å². The first kappa shape index (κ1) is 18.9. The molecule has 0 aliphatic heterocycles. The second-order valence-electron chi connectivity index (χ2n) is 5.85. The molecule has 1 aromatic carbocycles. The van der Waals surface area contributed by atoms with Crippen LogP contribution >= 0.6 is 0 Å². The number of carbonyl (C=O) groups excluding carboxylic acids is 2. The minimum absolute atomic E-state index is 0.00162. The molecule has 0 spiro atoms. The number of para-hydroxylation sites is 2. The summed E-state index contributed by atoms with van der Waals surface area (Å²) in [6.07, 6.45) is -2.53. The zero-order chi connectivity index (χ0) is 18.4. The lowest BCUT2D eigenvalue weighted by molar-refractivity contribution is -0.153. The second-order valence-corrected chi connectivity index (χ2v) is 5.85. The third kappa shape index (κ3) is 6.90. The first-order valence-electron chi connectivity index (χ1n) is 7.80. The van der Waals surface area contributed by atoms with Crippen molar-refractivity contribution in [1.29, 1.82) is 0 Å². The molecular formula is C16H20F3N3O3. The number of hydrogen-bond donors (Lipinski definition) is 2. The highest BCUT2D eigenvalue weighted by atomic mass is 19.4. The van der Waals surface area contributed by atoms with Crippen molar-refractivity contribution in [3.63, 3.8) is 0 Å². The molecule has 6 nitrogen and oxygen atoms in total. The van der Waals surface area contributed by atoms with Crippen LogP contribution < -0.4 is 15.4 Å². The molecule has 2 rings (SSSR count). The van der Waals surface area contributed by atoms with Gasteiger partial charge in [-0.1, -0.05) is 12.1 Å². The molecule has 0 saturated heterocycles. The Bertz CT molecular complexity index is 618. The molecule has 2 N–H and O–H groups in total. The average Bonchev–Trinajstić information content (AvgIpc) is 3.34. The molecular weight excluding hydrogens is 339 g/mol. The molecule has 138 valence electrons. The molecule has 9 heteroatoms. The van der Waals surface area contributed by atoms with E-state index in [1.165, 1.54) is 30.1 Å². The number of halogens is 3. The summed E-state index contributed by atoms with van der Waals surface area (Å²) in [5.41, 5.74) is 0.274. The normalized spacial score (nSPS) is 13.9. The Morgan fingerprint density at radius 2 is 1.96 bits per heavy atom. The summed E-state index contributed by atoms with van der Waals surface area (Å²) in [4.78, 5) is 25.0. The Morgan fingerprint density at radius 1 is 1.28 bits per heavy atom. The molecule has 0 radical (unpaired) electrons. The Balaban J connectivity index is 1.82. The van der Waals surface area contributed by atoms with Gasteiger partial charge in [0, 0.05) is 13.1 Å². The van der Waals surface area contributed by atoms with E-state index in [1.807, 2.05) is 0 Å². The molecule has 1 saturated carbocycles. The Labute approximate surface area is 143 Å². The van der Waals surface area contributed by atoms with Gasteiger partial charge in [0.2, 0.25) is 11.8 Å². The van der Waals surface area contributed by atoms with Gasteiger partial charge in [0.05, 0.1) is 18.8 Å². The van der Waals surface area contributed by atoms with E-state index in [-0.39, 0.29) is 42.4 Å². The number of anilines is 1. The SMILES string of the molecule is CN(CC(=O)NC1CC1)C(=O)CNc1ccccc1OCC(F)(F)F. The van der Waals surface area contributed by atoms with Crippen LogP contribution in [-0.2, 0) is 9.59 Å². The zero-order valence-electron chi connectivity index (χ0n) is 13.7. The highest BCUT2D eigenvalue weighted by Crippen LogP contribution is 2.26. The van der Waals surface area contributed by atoms with E-state index in [1.54, 1.807) is 6.07 Å². The van der Waals surface area contributed by atoms with Gasteiger partial charge in [0.15, 0.2) is 6.61 Å². The number of nitrogens with one attached hydrogen (secondary N) is 2. The van der Waals surface area contributed by atoms with E-state index in [9.17, 15) is 22.8 Å². The van der Waals surface area contributed by atoms with Crippen LogP contribution in [0.5, 0.6) is 5.75 Å². The zero-order valence-corrected chi connectivity index (χ0v) is 13.7. The van der Waals surface area contributed by atoms with Crippen LogP contribution in [0.2, 0.25) is 0 Å². The molecule has 1 fully saturated rings. The first-order chi connectivity index (χ1) is 11.7. The van der Waals surface area contributed by atoms with Gasteiger partial charge in [0.25, 0.3) is 0 Å². The highest BCUT2D eigenvalue weighted by Gasteiger charge is 2.29. The maximum Gasteiger partial charge on any atom is 0.422 e. The molecule has 0 bridgehead atoms. The standard InChI is InChI=1S/C16H20F3N3O3/c1-22(9-14(23)21-11-6-7-11)15(24)8-20-12-4-2-3-5-13(12)25-10-16(17,18)19/h2-5,11,20H,6-10H2,1H3,(H,21,23). The van der Waals surface area contributed by atoms with Gasteiger partial charge >= 0.3 is 6.18 Å². The number of ether oxygens (including phenoxy) is 1. The minimum Gasteiger partial charge on any atom is -0.482 e. The predicted molar refractivity (Wildman–Crippen MR) is 85.3 cm³/mol. The van der Waals surface area contributed by atoms with E-state index < -0.39 is 12.8 Å². The maximum atomic E-state index is 12.3. The summed E-state index contributed by atoms with van der Waals surface area (Å²) >= 11 is 0. The smallest absolute Gasteiger partial charge is 0.422 e. The number of carbonyl (C=O) groups is 2. The van der Waals surface area contributed by atoms with Gasteiger partial charge in [-0.15, -0.1) is 0 Å². The maximum absolute atomic E-state index is 12.3. The molecule has 0 atom stereocenters. The van der Waals surface area contributed by atoms with E-state index in [2.05, 4.69) is 10.6 Å². The summed E-state index contributed by atoms with van der Waals surface area (Å²) < 4.78 is 41.5. The Kier molecular flexibility index (Phi) is 6.11. The second kappa shape index (κ2) is 8.09. The Hall–Kier alpha value is -2.45. The van der Waals surface area contributed by atoms with E-state index in [4.69, 9.17) is 4.74 Å². The number of amides is 2. The largest absolute Gasteiger partial charge is 0.482 e. The minimum atomic E-state index is -4.45. The first-order valence-corrected chi connectivity index (χ1v) is 7.80. The molecule has 1 aliphatic carbocycles. The van der Waals surface area contributed by atoms with Crippen LogP contribution in [-0.4, -0.2) is 55.7 Å². The number of benzene rings is 1. The number of alkyl halides is 3. The van der Waals surface area contributed by atoms with Crippen LogP contribution in [0.1, 0.15) is 12.8 Å². The summed E-state index contributed by atoms with van der Waals surface area (Å²) in [5.74, 6) is -0.592. The molecule has 1 aromatic rings. The van der Waals surface area contributed by atoms with E-state index >= 15 is 0 Å². The summed E-state index contributed by atoms with van der Waals surface area (Å²) in [5, 5.41) is 5.51. The third-order valence-electron chi connectivity index (χ3n) is 3.46. The number of rotatable bonds is 8. The van der Waals surface area contributed by atoms with Gasteiger partial charge in [-0.3, -0.25) is 9.59 Å². The fraction of sp³-hybridized carbons (Fsp3) is 0.500. The van der Waals surface area contributed by atoms with Gasteiger partial charge in [-0.25, -0.2) is 0 Å². The summed E-state index contributed by atoms with van der Waals surface area (Å²) in [6.45, 7) is -1.65. The lowest BCUT2D eigenvalue weighted by Crippen LogP contribution is -2.41. The number of nitrogens with zero attached hydrogens (tertiary/aromatic N) is 1. The fourth-order valence-electron chi connectivity index (χ4n) is 2.01. The molecule has 1 aliphatic rings. The van der Waals surface area contributed by atoms with E-state index in [0.29, 0.717) is 0 Å². The highest BCUT2D eigenvalue weighted by molar-refractivity contribution is 5.87. The van der Waals surface area contributed by atoms with Crippen molar-refractivity contribution in [3.8, 4) is 5.75 Å². The van der Waals surface area contributed by atoms with Crippen LogP contribution in [0, 0.1) is 0 Å². The number of likely N-dealkylation sites (N-methyl/N-ethyl adjacent to an activating group) is 1. The lowest BCUT2D eigenvalue weighted by Gasteiger charge is -2.18. The van der Waals surface area contributed by atoms with Crippen molar-refractivity contribution in [2.24, 2.45) is 0 Å². The molecule has 0 unspecified atom stereocenters. The number of hydrogen-bond acceptors (Lipinski definition) is 4. The molecule has 25 heavy (non-hydrogen) atoms. The summed E-state index contributed by atoms with van der Waals surface area (Å²) in [6, 6.07) is 6.25. The van der Waals surface area contributed by atoms with Crippen molar-refractivity contribution < 1.29 is 27.5 Å². The van der Waals surface area contributed by atoms with Crippen LogP contribution in [0.3, 0.4) is 0 Å². The Morgan fingerprint density at radius 3 is 2.60 bits per heavy atom. The van der Waals surface area contributed by atoms with Crippen molar-refractivity contribution >= 4 is 17.5 Å². The van der Waals surface area contributed by atoms with Gasteiger partial charge in [-0.2, -0.15) is 13.2 Å². The van der Waals surface area contributed by atoms with Gasteiger partial charge < -0.3 is 20.3 Å². The molecule has 0 heterocycles. The van der Waals surface area contributed by atoms with Crippen molar-refractivity contribution in [2.45, 2.75) is 25.1 Å². The fourth-order valence-corrected chi connectivity index (χ4v) is 2.01. The van der Waals surface area contributed by atoms with E-state index in [0.717, 1.165) is 12.8 Å². The van der Waals surface area contributed by atoms with Crippen LogP contribution in [0.15, 0.2) is 24.3 Å². The molecule has 0 aromatic heterocycles. The quantitative estimate of drug-likeness (QED) is 0.742. The van der Waals surface area contributed by atoms with Crippen LogP contribution in [0.25, 0.3) is 0 Å². The van der Waals surface area contributed by atoms with Crippen molar-refractivity contribution in [3.05, 3.63) is 24.3 Å². The third-order valence-corrected chi connectivity index (χ3v) is 3.46.